The molecule has 0 saturated carbocycles. The normalized spacial score (nSPS) is 29.0. The maximum atomic E-state index is 3.79. The van der Waals surface area contributed by atoms with Crippen molar-refractivity contribution in [2.24, 2.45) is 5.92 Å². The maximum absolute atomic E-state index is 3.79. The molecule has 0 radical (unpaired) electrons. The first-order valence-electron chi connectivity index (χ1n) is 6.53. The third-order valence-corrected chi connectivity index (χ3v) is 4.46. The highest BCUT2D eigenvalue weighted by Crippen LogP contribution is 2.25. The fourth-order valence-corrected chi connectivity index (χ4v) is 2.76. The average molecular weight is 212 g/mol. The Labute approximate surface area is 95.4 Å². The molecule has 1 heterocycles. The number of rotatable bonds is 4. The predicted octanol–water partition coefficient (Wildman–Crippen LogP) is 2.49. The van der Waals surface area contributed by atoms with Crippen molar-refractivity contribution in [2.45, 2.75) is 58.5 Å². The zero-order valence-electron chi connectivity index (χ0n) is 11.1. The molecule has 0 aromatic carbocycles. The van der Waals surface area contributed by atoms with E-state index in [4.69, 9.17) is 0 Å². The van der Waals surface area contributed by atoms with Crippen LogP contribution in [-0.4, -0.2) is 36.6 Å². The van der Waals surface area contributed by atoms with E-state index in [2.05, 4.69) is 45.0 Å². The van der Waals surface area contributed by atoms with Gasteiger partial charge < -0.3 is 10.2 Å². The summed E-state index contributed by atoms with van der Waals surface area (Å²) in [6.07, 6.45) is 3.75. The van der Waals surface area contributed by atoms with Gasteiger partial charge in [0.2, 0.25) is 0 Å². The van der Waals surface area contributed by atoms with Crippen molar-refractivity contribution < 1.29 is 0 Å². The number of nitrogens with one attached hydrogen (secondary N) is 1. The summed E-state index contributed by atoms with van der Waals surface area (Å²) in [5.41, 5.74) is 0.374. The van der Waals surface area contributed by atoms with Crippen molar-refractivity contribution in [3.05, 3.63) is 0 Å². The molecule has 15 heavy (non-hydrogen) atoms. The summed E-state index contributed by atoms with van der Waals surface area (Å²) in [6.45, 7) is 11.6. The minimum Gasteiger partial charge on any atom is -0.308 e. The topological polar surface area (TPSA) is 15.3 Å². The van der Waals surface area contributed by atoms with E-state index in [1.165, 1.54) is 25.8 Å². The van der Waals surface area contributed by atoms with Crippen molar-refractivity contribution >= 4 is 0 Å². The molecule has 0 aliphatic carbocycles. The lowest BCUT2D eigenvalue weighted by molar-refractivity contribution is 0.0673. The van der Waals surface area contributed by atoms with Crippen LogP contribution in [0.15, 0.2) is 0 Å². The van der Waals surface area contributed by atoms with Crippen LogP contribution in [0.4, 0.5) is 0 Å². The monoisotopic (exact) mass is 212 g/mol. The van der Waals surface area contributed by atoms with E-state index in [-0.39, 0.29) is 0 Å². The van der Waals surface area contributed by atoms with Crippen molar-refractivity contribution in [3.63, 3.8) is 0 Å². The van der Waals surface area contributed by atoms with E-state index in [9.17, 15) is 0 Å². The standard InChI is InChI=1S/C13H28N2/c1-6-11(4)12-9-14-13(7-2,8-3)10-15(12)5/h11-12,14H,6-10H2,1-5H3. The largest absolute Gasteiger partial charge is 0.308 e. The lowest BCUT2D eigenvalue weighted by Gasteiger charge is -2.47. The van der Waals surface area contributed by atoms with Gasteiger partial charge in [-0.15, -0.1) is 0 Å². The first kappa shape index (κ1) is 13.0. The van der Waals surface area contributed by atoms with Crippen LogP contribution in [0.3, 0.4) is 0 Å². The molecule has 1 fully saturated rings. The maximum Gasteiger partial charge on any atom is 0.0304 e. The molecule has 2 nitrogen and oxygen atoms in total. The van der Waals surface area contributed by atoms with Gasteiger partial charge in [0.1, 0.15) is 0 Å². The van der Waals surface area contributed by atoms with Gasteiger partial charge in [0.15, 0.2) is 0 Å². The second kappa shape index (κ2) is 5.31. The lowest BCUT2D eigenvalue weighted by Crippen LogP contribution is -2.64. The third-order valence-electron chi connectivity index (χ3n) is 4.46. The van der Waals surface area contributed by atoms with Crippen molar-refractivity contribution in [1.29, 1.82) is 0 Å². The first-order valence-corrected chi connectivity index (χ1v) is 6.53. The van der Waals surface area contributed by atoms with E-state index in [0.29, 0.717) is 5.54 Å². The molecule has 2 unspecified atom stereocenters. The fourth-order valence-electron chi connectivity index (χ4n) is 2.76. The molecule has 2 atom stereocenters. The van der Waals surface area contributed by atoms with Crippen molar-refractivity contribution in [2.75, 3.05) is 20.1 Å². The molecule has 90 valence electrons. The second-order valence-electron chi connectivity index (χ2n) is 5.24. The molecule has 1 N–H and O–H groups in total. The fraction of sp³-hybridized carbons (Fsp3) is 1.00. The van der Waals surface area contributed by atoms with Crippen LogP contribution < -0.4 is 5.32 Å². The van der Waals surface area contributed by atoms with Gasteiger partial charge in [0.05, 0.1) is 0 Å². The van der Waals surface area contributed by atoms with Gasteiger partial charge in [-0.3, -0.25) is 0 Å². The Hall–Kier alpha value is -0.0800. The van der Waals surface area contributed by atoms with E-state index in [1.54, 1.807) is 0 Å². The Bertz CT molecular complexity index is 187. The van der Waals surface area contributed by atoms with Crippen LogP contribution in [0.25, 0.3) is 0 Å². The van der Waals surface area contributed by atoms with E-state index in [1.807, 2.05) is 0 Å². The minimum absolute atomic E-state index is 0.374. The van der Waals surface area contributed by atoms with Crippen molar-refractivity contribution in [1.82, 2.24) is 10.2 Å². The average Bonchev–Trinajstić information content (AvgIpc) is 2.27. The van der Waals surface area contributed by atoms with E-state index < -0.39 is 0 Å². The molecule has 2 heteroatoms. The highest BCUT2D eigenvalue weighted by molar-refractivity contribution is 4.96. The Morgan fingerprint density at radius 1 is 1.33 bits per heavy atom. The molecule has 0 aromatic heterocycles. The van der Waals surface area contributed by atoms with Crippen LogP contribution in [0, 0.1) is 5.92 Å². The molecule has 1 aliphatic heterocycles. The molecule has 0 bridgehead atoms. The molecular weight excluding hydrogens is 184 g/mol. The SMILES string of the molecule is CCC(C)C1CNC(CC)(CC)CN1C. The van der Waals surface area contributed by atoms with Crippen LogP contribution >= 0.6 is 0 Å². The summed E-state index contributed by atoms with van der Waals surface area (Å²) in [5, 5.41) is 3.79. The second-order valence-corrected chi connectivity index (χ2v) is 5.24. The smallest absolute Gasteiger partial charge is 0.0304 e. The van der Waals surface area contributed by atoms with Crippen LogP contribution in [0.2, 0.25) is 0 Å². The minimum atomic E-state index is 0.374. The van der Waals surface area contributed by atoms with Gasteiger partial charge in [-0.05, 0) is 25.8 Å². The van der Waals surface area contributed by atoms with Gasteiger partial charge >= 0.3 is 0 Å². The Kier molecular flexibility index (Phi) is 4.60. The lowest BCUT2D eigenvalue weighted by atomic mass is 9.86. The molecule has 1 saturated heterocycles. The summed E-state index contributed by atoms with van der Waals surface area (Å²) in [7, 11) is 2.29. The number of likely N-dealkylation sites (N-methyl/N-ethyl adjacent to an activating group) is 1. The molecule has 1 rings (SSSR count). The summed E-state index contributed by atoms with van der Waals surface area (Å²) in [5.74, 6) is 0.800. The zero-order chi connectivity index (χ0) is 11.5. The highest BCUT2D eigenvalue weighted by atomic mass is 15.2. The molecule has 0 aromatic rings. The number of piperazine rings is 1. The molecule has 0 amide bonds. The predicted molar refractivity (Wildman–Crippen MR) is 67.2 cm³/mol. The van der Waals surface area contributed by atoms with Gasteiger partial charge in [-0.1, -0.05) is 34.1 Å². The van der Waals surface area contributed by atoms with Gasteiger partial charge in [0.25, 0.3) is 0 Å². The van der Waals surface area contributed by atoms with Crippen LogP contribution in [0.1, 0.15) is 47.0 Å². The number of hydrogen-bond donors (Lipinski definition) is 1. The van der Waals surface area contributed by atoms with Gasteiger partial charge in [-0.2, -0.15) is 0 Å². The summed E-state index contributed by atoms with van der Waals surface area (Å²) < 4.78 is 0. The van der Waals surface area contributed by atoms with Crippen LogP contribution in [0.5, 0.6) is 0 Å². The third kappa shape index (κ3) is 2.73. The van der Waals surface area contributed by atoms with E-state index >= 15 is 0 Å². The van der Waals surface area contributed by atoms with Crippen molar-refractivity contribution in [3.8, 4) is 0 Å². The Morgan fingerprint density at radius 2 is 1.93 bits per heavy atom. The highest BCUT2D eigenvalue weighted by Gasteiger charge is 2.36. The number of nitrogens with zero attached hydrogens (tertiary/aromatic N) is 1. The summed E-state index contributed by atoms with van der Waals surface area (Å²) >= 11 is 0. The first-order chi connectivity index (χ1) is 7.08. The Morgan fingerprint density at radius 3 is 2.33 bits per heavy atom. The Balaban J connectivity index is 2.61. The van der Waals surface area contributed by atoms with E-state index in [0.717, 1.165) is 18.5 Å². The van der Waals surface area contributed by atoms with Gasteiger partial charge in [-0.25, -0.2) is 0 Å². The summed E-state index contributed by atoms with van der Waals surface area (Å²) in [4.78, 5) is 2.57. The molecular formula is C13H28N2. The molecule has 0 spiro atoms. The van der Waals surface area contributed by atoms with Crippen LogP contribution in [-0.2, 0) is 0 Å². The zero-order valence-corrected chi connectivity index (χ0v) is 11.1. The number of hydrogen-bond acceptors (Lipinski definition) is 2. The quantitative estimate of drug-likeness (QED) is 0.770. The van der Waals surface area contributed by atoms with Gasteiger partial charge in [0, 0.05) is 24.7 Å². The summed E-state index contributed by atoms with van der Waals surface area (Å²) in [6, 6.07) is 0.723. The molecule has 1 aliphatic rings.